The third-order valence-corrected chi connectivity index (χ3v) is 3.64. The van der Waals surface area contributed by atoms with Crippen molar-refractivity contribution in [1.29, 1.82) is 0 Å². The third-order valence-electron chi connectivity index (χ3n) is 3.14. The van der Waals surface area contributed by atoms with Crippen LogP contribution in [-0.2, 0) is 0 Å². The zero-order chi connectivity index (χ0) is 13.3. The van der Waals surface area contributed by atoms with Crippen LogP contribution in [0.25, 0.3) is 0 Å². The lowest BCUT2D eigenvalue weighted by Crippen LogP contribution is -2.45. The van der Waals surface area contributed by atoms with E-state index in [-0.39, 0.29) is 12.6 Å². The molecule has 2 N–H and O–H groups in total. The number of hydrogen-bond acceptors (Lipinski definition) is 4. The number of aliphatic hydroxyl groups excluding tert-OH is 2. The van der Waals surface area contributed by atoms with Crippen molar-refractivity contribution in [2.75, 3.05) is 26.8 Å². The maximum absolute atomic E-state index is 10.3. The van der Waals surface area contributed by atoms with Crippen molar-refractivity contribution in [1.82, 2.24) is 4.90 Å². The van der Waals surface area contributed by atoms with Crippen molar-refractivity contribution in [3.05, 3.63) is 27.7 Å². The molecule has 0 aromatic heterocycles. The lowest BCUT2D eigenvalue weighted by atomic mass is 9.98. The second kappa shape index (κ2) is 5.63. The van der Waals surface area contributed by atoms with Gasteiger partial charge in [-0.15, -0.1) is 0 Å². The fourth-order valence-corrected chi connectivity index (χ4v) is 2.67. The fourth-order valence-electron chi connectivity index (χ4n) is 2.11. The summed E-state index contributed by atoms with van der Waals surface area (Å²) in [6.07, 6.45) is -0.735. The van der Waals surface area contributed by atoms with Gasteiger partial charge in [0.15, 0.2) is 0 Å². The molecular weight excluding hydrogens is 277 g/mol. The van der Waals surface area contributed by atoms with Crippen LogP contribution < -0.4 is 4.74 Å². The Morgan fingerprint density at radius 3 is 2.83 bits per heavy atom. The molecule has 0 spiro atoms. The van der Waals surface area contributed by atoms with E-state index >= 15 is 0 Å². The largest absolute Gasteiger partial charge is 0.490 e. The van der Waals surface area contributed by atoms with E-state index in [1.165, 1.54) is 0 Å². The standard InChI is InChI=1S/C12H15Cl2NO3/c1-15(2-3-16)10-6-18-12-8(11(10)17)4-7(13)5-9(12)14/h4-5,10-11,16-17H,2-3,6H2,1H3. The first-order chi connectivity index (χ1) is 8.54. The summed E-state index contributed by atoms with van der Waals surface area (Å²) in [5, 5.41) is 20.1. The van der Waals surface area contributed by atoms with Crippen LogP contribution in [0.4, 0.5) is 0 Å². The monoisotopic (exact) mass is 291 g/mol. The molecule has 18 heavy (non-hydrogen) atoms. The van der Waals surface area contributed by atoms with E-state index in [0.717, 1.165) is 0 Å². The summed E-state index contributed by atoms with van der Waals surface area (Å²) in [5.41, 5.74) is 0.591. The molecule has 1 aliphatic rings. The molecule has 6 heteroatoms. The highest BCUT2D eigenvalue weighted by Crippen LogP contribution is 2.40. The number of likely N-dealkylation sites (N-methyl/N-ethyl adjacent to an activating group) is 1. The molecular formula is C12H15Cl2NO3. The van der Waals surface area contributed by atoms with Gasteiger partial charge in [0.1, 0.15) is 18.5 Å². The summed E-state index contributed by atoms with van der Waals surface area (Å²) in [5.74, 6) is 0.488. The Balaban J connectivity index is 2.30. The molecule has 0 radical (unpaired) electrons. The zero-order valence-corrected chi connectivity index (χ0v) is 11.4. The zero-order valence-electron chi connectivity index (χ0n) is 9.94. The van der Waals surface area contributed by atoms with Crippen molar-refractivity contribution in [2.45, 2.75) is 12.1 Å². The van der Waals surface area contributed by atoms with Gasteiger partial charge >= 0.3 is 0 Å². The third kappa shape index (κ3) is 2.58. The van der Waals surface area contributed by atoms with Gasteiger partial charge in [-0.05, 0) is 19.2 Å². The molecule has 100 valence electrons. The van der Waals surface area contributed by atoms with Crippen LogP contribution in [0.15, 0.2) is 12.1 Å². The average molecular weight is 292 g/mol. The number of ether oxygens (including phenoxy) is 1. The van der Waals surface area contributed by atoms with Crippen LogP contribution in [0, 0.1) is 0 Å². The smallest absolute Gasteiger partial charge is 0.143 e. The first-order valence-electron chi connectivity index (χ1n) is 5.65. The maximum Gasteiger partial charge on any atom is 0.143 e. The number of hydrogen-bond donors (Lipinski definition) is 2. The highest BCUT2D eigenvalue weighted by molar-refractivity contribution is 6.35. The number of halogens is 2. The Hall–Kier alpha value is -0.520. The molecule has 0 saturated heterocycles. The molecule has 2 unspecified atom stereocenters. The molecule has 4 nitrogen and oxygen atoms in total. The minimum Gasteiger partial charge on any atom is -0.490 e. The summed E-state index contributed by atoms with van der Waals surface area (Å²) in [4.78, 5) is 1.85. The van der Waals surface area contributed by atoms with E-state index < -0.39 is 6.10 Å². The molecule has 0 amide bonds. The van der Waals surface area contributed by atoms with E-state index in [2.05, 4.69) is 0 Å². The predicted molar refractivity (Wildman–Crippen MR) is 70.4 cm³/mol. The molecule has 1 aromatic carbocycles. The second-order valence-corrected chi connectivity index (χ2v) is 5.18. The number of nitrogens with zero attached hydrogens (tertiary/aromatic N) is 1. The van der Waals surface area contributed by atoms with Crippen molar-refractivity contribution in [2.24, 2.45) is 0 Å². The van der Waals surface area contributed by atoms with Gasteiger partial charge in [-0.1, -0.05) is 23.2 Å². The normalized spacial score (nSPS) is 22.8. The Morgan fingerprint density at radius 1 is 1.44 bits per heavy atom. The SMILES string of the molecule is CN(CCO)C1COc2c(Cl)cc(Cl)cc2C1O. The Labute approximate surface area is 116 Å². The molecule has 0 bridgehead atoms. The van der Waals surface area contributed by atoms with Gasteiger partial charge in [0, 0.05) is 17.1 Å². The van der Waals surface area contributed by atoms with Crippen LogP contribution in [0.2, 0.25) is 10.0 Å². The van der Waals surface area contributed by atoms with Crippen LogP contribution in [0.5, 0.6) is 5.75 Å². The molecule has 1 aromatic rings. The minimum atomic E-state index is -0.735. The second-order valence-electron chi connectivity index (χ2n) is 4.33. The van der Waals surface area contributed by atoms with Crippen LogP contribution in [0.1, 0.15) is 11.7 Å². The van der Waals surface area contributed by atoms with Gasteiger partial charge in [0.05, 0.1) is 17.7 Å². The van der Waals surface area contributed by atoms with E-state index in [1.54, 1.807) is 12.1 Å². The summed E-state index contributed by atoms with van der Waals surface area (Å²) < 4.78 is 5.59. The Kier molecular flexibility index (Phi) is 4.35. The van der Waals surface area contributed by atoms with Crippen molar-refractivity contribution >= 4 is 23.2 Å². The molecule has 0 fully saturated rings. The highest BCUT2D eigenvalue weighted by atomic mass is 35.5. The molecule has 1 heterocycles. The van der Waals surface area contributed by atoms with Crippen molar-refractivity contribution < 1.29 is 14.9 Å². The van der Waals surface area contributed by atoms with Gasteiger partial charge in [-0.2, -0.15) is 0 Å². The Morgan fingerprint density at radius 2 is 2.17 bits per heavy atom. The lowest BCUT2D eigenvalue weighted by molar-refractivity contribution is 0.00956. The maximum atomic E-state index is 10.3. The van der Waals surface area contributed by atoms with Gasteiger partial charge in [0.25, 0.3) is 0 Å². The fraction of sp³-hybridized carbons (Fsp3) is 0.500. The first kappa shape index (κ1) is 13.9. The molecule has 0 aliphatic carbocycles. The van der Waals surface area contributed by atoms with Crippen LogP contribution >= 0.6 is 23.2 Å². The lowest BCUT2D eigenvalue weighted by Gasteiger charge is -2.36. The minimum absolute atomic E-state index is 0.0306. The van der Waals surface area contributed by atoms with Gasteiger partial charge < -0.3 is 14.9 Å². The van der Waals surface area contributed by atoms with E-state index in [9.17, 15) is 5.11 Å². The van der Waals surface area contributed by atoms with Crippen LogP contribution in [0.3, 0.4) is 0 Å². The average Bonchev–Trinajstić information content (AvgIpc) is 2.30. The van der Waals surface area contributed by atoms with Gasteiger partial charge in [-0.3, -0.25) is 4.90 Å². The molecule has 2 atom stereocenters. The molecule has 2 rings (SSSR count). The summed E-state index contributed by atoms with van der Waals surface area (Å²) in [7, 11) is 1.82. The number of rotatable bonds is 3. The van der Waals surface area contributed by atoms with Crippen LogP contribution in [-0.4, -0.2) is 48.0 Å². The van der Waals surface area contributed by atoms with Crippen molar-refractivity contribution in [3.8, 4) is 5.75 Å². The van der Waals surface area contributed by atoms with Gasteiger partial charge in [-0.25, -0.2) is 0 Å². The number of fused-ring (bicyclic) bond motifs is 1. The first-order valence-corrected chi connectivity index (χ1v) is 6.41. The molecule has 1 aliphatic heterocycles. The van der Waals surface area contributed by atoms with E-state index in [1.807, 2.05) is 11.9 Å². The number of aliphatic hydroxyl groups is 2. The van der Waals surface area contributed by atoms with E-state index in [0.29, 0.717) is 34.5 Å². The predicted octanol–water partition coefficient (Wildman–Crippen LogP) is 1.71. The highest BCUT2D eigenvalue weighted by Gasteiger charge is 2.33. The Bertz CT molecular complexity index is 442. The number of benzene rings is 1. The van der Waals surface area contributed by atoms with E-state index in [4.69, 9.17) is 33.0 Å². The van der Waals surface area contributed by atoms with Gasteiger partial charge in [0.2, 0.25) is 0 Å². The summed E-state index contributed by atoms with van der Waals surface area (Å²) in [6, 6.07) is 3.03. The summed E-state index contributed by atoms with van der Waals surface area (Å²) >= 11 is 12.0. The quantitative estimate of drug-likeness (QED) is 0.890. The van der Waals surface area contributed by atoms with Crippen molar-refractivity contribution in [3.63, 3.8) is 0 Å². The topological polar surface area (TPSA) is 52.9 Å². The summed E-state index contributed by atoms with van der Waals surface area (Å²) in [6.45, 7) is 0.823. The molecule has 0 saturated carbocycles.